The van der Waals surface area contributed by atoms with Crippen LogP contribution in [-0.4, -0.2) is 11.0 Å². The van der Waals surface area contributed by atoms with Gasteiger partial charge in [-0.2, -0.15) is 0 Å². The molecule has 0 spiro atoms. The predicted octanol–water partition coefficient (Wildman–Crippen LogP) is 4.20. The molecule has 0 aliphatic heterocycles. The van der Waals surface area contributed by atoms with Crippen molar-refractivity contribution in [3.8, 4) is 5.75 Å². The Morgan fingerprint density at radius 1 is 1.33 bits per heavy atom. The first kappa shape index (κ1) is 14.8. The first-order valence-corrected chi connectivity index (χ1v) is 6.75. The zero-order valence-electron chi connectivity index (χ0n) is 10.9. The van der Waals surface area contributed by atoms with Crippen LogP contribution in [0.2, 0.25) is 5.02 Å². The van der Waals surface area contributed by atoms with Gasteiger partial charge in [-0.3, -0.25) is 4.79 Å². The highest BCUT2D eigenvalue weighted by Gasteiger charge is 2.17. The number of nitrogens with one attached hydrogen (secondary N) is 1. The van der Waals surface area contributed by atoms with Crippen LogP contribution in [0.25, 0.3) is 0 Å². The zero-order chi connectivity index (χ0) is 13.5. The van der Waals surface area contributed by atoms with Crippen LogP contribution in [0, 0.1) is 5.92 Å². The highest BCUT2D eigenvalue weighted by Crippen LogP contribution is 2.27. The van der Waals surface area contributed by atoms with Crippen LogP contribution < -0.4 is 5.32 Å². The molecule has 0 saturated heterocycles. The number of halogens is 1. The van der Waals surface area contributed by atoms with Crippen LogP contribution in [0.5, 0.6) is 5.75 Å². The maximum Gasteiger partial charge on any atom is 0.227 e. The smallest absolute Gasteiger partial charge is 0.227 e. The van der Waals surface area contributed by atoms with Crippen molar-refractivity contribution in [2.24, 2.45) is 5.92 Å². The molecule has 4 heteroatoms. The van der Waals surface area contributed by atoms with Gasteiger partial charge >= 0.3 is 0 Å². The molecule has 0 unspecified atom stereocenters. The fourth-order valence-electron chi connectivity index (χ4n) is 1.94. The van der Waals surface area contributed by atoms with Gasteiger partial charge in [0, 0.05) is 12.0 Å². The summed E-state index contributed by atoms with van der Waals surface area (Å²) in [6, 6.07) is 4.55. The fraction of sp³-hybridized carbons (Fsp3) is 0.500. The Bertz CT molecular complexity index is 401. The molecule has 0 aliphatic rings. The van der Waals surface area contributed by atoms with Gasteiger partial charge in [-0.25, -0.2) is 0 Å². The number of aromatic hydroxyl groups is 1. The van der Waals surface area contributed by atoms with Crippen molar-refractivity contribution in [2.75, 3.05) is 5.32 Å². The van der Waals surface area contributed by atoms with E-state index in [4.69, 9.17) is 11.6 Å². The quantitative estimate of drug-likeness (QED) is 0.761. The number of hydrogen-bond donors (Lipinski definition) is 2. The van der Waals surface area contributed by atoms with Crippen molar-refractivity contribution in [1.82, 2.24) is 0 Å². The van der Waals surface area contributed by atoms with Crippen molar-refractivity contribution in [3.05, 3.63) is 23.2 Å². The number of rotatable bonds is 6. The maximum atomic E-state index is 12.1. The minimum Gasteiger partial charge on any atom is -0.508 e. The van der Waals surface area contributed by atoms with Crippen molar-refractivity contribution >= 4 is 23.2 Å². The van der Waals surface area contributed by atoms with Gasteiger partial charge in [0.1, 0.15) is 5.75 Å². The Hall–Kier alpha value is -1.22. The van der Waals surface area contributed by atoms with Gasteiger partial charge < -0.3 is 10.4 Å². The largest absolute Gasteiger partial charge is 0.508 e. The molecular weight excluding hydrogens is 250 g/mol. The number of amides is 1. The number of carbonyl (C=O) groups is 1. The van der Waals surface area contributed by atoms with Crippen LogP contribution in [0.4, 0.5) is 5.69 Å². The number of benzene rings is 1. The van der Waals surface area contributed by atoms with E-state index in [0.29, 0.717) is 10.7 Å². The number of phenolic OH excluding ortho intramolecular Hbond substituents is 1. The predicted molar refractivity (Wildman–Crippen MR) is 75.1 cm³/mol. The summed E-state index contributed by atoms with van der Waals surface area (Å²) in [5.74, 6) is 0.132. The van der Waals surface area contributed by atoms with E-state index >= 15 is 0 Å². The molecule has 1 amide bonds. The highest BCUT2D eigenvalue weighted by atomic mass is 35.5. The zero-order valence-corrected chi connectivity index (χ0v) is 11.6. The highest BCUT2D eigenvalue weighted by molar-refractivity contribution is 6.33. The molecule has 0 bridgehead atoms. The van der Waals surface area contributed by atoms with E-state index in [1.54, 1.807) is 6.07 Å². The van der Waals surface area contributed by atoms with E-state index in [0.717, 1.165) is 25.7 Å². The van der Waals surface area contributed by atoms with E-state index in [2.05, 4.69) is 19.2 Å². The topological polar surface area (TPSA) is 49.3 Å². The molecule has 2 N–H and O–H groups in total. The summed E-state index contributed by atoms with van der Waals surface area (Å²) in [5, 5.41) is 12.4. The summed E-state index contributed by atoms with van der Waals surface area (Å²) >= 11 is 5.96. The van der Waals surface area contributed by atoms with Crippen LogP contribution >= 0.6 is 11.6 Å². The van der Waals surface area contributed by atoms with Crippen LogP contribution in [0.15, 0.2) is 18.2 Å². The van der Waals surface area contributed by atoms with Crippen LogP contribution in [0.1, 0.15) is 39.5 Å². The summed E-state index contributed by atoms with van der Waals surface area (Å²) in [6.45, 7) is 4.15. The second-order valence-electron chi connectivity index (χ2n) is 4.43. The van der Waals surface area contributed by atoms with Crippen molar-refractivity contribution < 1.29 is 9.90 Å². The lowest BCUT2D eigenvalue weighted by molar-refractivity contribution is -0.120. The van der Waals surface area contributed by atoms with Gasteiger partial charge in [0.2, 0.25) is 5.91 Å². The second-order valence-corrected chi connectivity index (χ2v) is 4.83. The Balaban J connectivity index is 2.72. The summed E-state index contributed by atoms with van der Waals surface area (Å²) in [7, 11) is 0. The Morgan fingerprint density at radius 2 is 1.94 bits per heavy atom. The van der Waals surface area contributed by atoms with E-state index in [-0.39, 0.29) is 17.6 Å². The monoisotopic (exact) mass is 269 g/mol. The molecule has 18 heavy (non-hydrogen) atoms. The van der Waals surface area contributed by atoms with Gasteiger partial charge in [-0.05, 0) is 25.0 Å². The third kappa shape index (κ3) is 4.22. The first-order valence-electron chi connectivity index (χ1n) is 6.37. The average molecular weight is 270 g/mol. The average Bonchev–Trinajstić information content (AvgIpc) is 2.32. The summed E-state index contributed by atoms with van der Waals surface area (Å²) in [6.07, 6.45) is 3.74. The molecule has 1 aromatic carbocycles. The Morgan fingerprint density at radius 3 is 2.44 bits per heavy atom. The molecule has 1 rings (SSSR count). The molecule has 0 fully saturated rings. The Labute approximate surface area is 113 Å². The SMILES string of the molecule is CCCC(CCC)C(=O)Nc1ccc(O)cc1Cl. The van der Waals surface area contributed by atoms with E-state index in [1.807, 2.05) is 0 Å². The first-order chi connectivity index (χ1) is 8.58. The van der Waals surface area contributed by atoms with Crippen molar-refractivity contribution in [2.45, 2.75) is 39.5 Å². The molecule has 100 valence electrons. The van der Waals surface area contributed by atoms with Gasteiger partial charge in [-0.15, -0.1) is 0 Å². The molecule has 0 saturated carbocycles. The molecule has 0 heterocycles. The maximum absolute atomic E-state index is 12.1. The minimum atomic E-state index is 0.00582. The molecule has 0 radical (unpaired) electrons. The standard InChI is InChI=1S/C14H20ClNO2/c1-3-5-10(6-4-2)14(18)16-13-8-7-11(17)9-12(13)15/h7-10,17H,3-6H2,1-2H3,(H,16,18). The van der Waals surface area contributed by atoms with Crippen molar-refractivity contribution in [1.29, 1.82) is 0 Å². The van der Waals surface area contributed by atoms with E-state index in [1.165, 1.54) is 12.1 Å². The number of carbonyl (C=O) groups excluding carboxylic acids is 1. The molecule has 0 aromatic heterocycles. The number of phenols is 1. The van der Waals surface area contributed by atoms with Crippen molar-refractivity contribution in [3.63, 3.8) is 0 Å². The third-order valence-corrected chi connectivity index (χ3v) is 3.17. The van der Waals surface area contributed by atoms with Gasteiger partial charge in [0.25, 0.3) is 0 Å². The molecular formula is C14H20ClNO2. The lowest BCUT2D eigenvalue weighted by Crippen LogP contribution is -2.22. The van der Waals surface area contributed by atoms with E-state index < -0.39 is 0 Å². The van der Waals surface area contributed by atoms with Gasteiger partial charge in [0.15, 0.2) is 0 Å². The molecule has 0 aliphatic carbocycles. The summed E-state index contributed by atoms with van der Waals surface area (Å²) in [5.41, 5.74) is 0.552. The van der Waals surface area contributed by atoms with Gasteiger partial charge in [-0.1, -0.05) is 38.3 Å². The third-order valence-electron chi connectivity index (χ3n) is 2.86. The van der Waals surface area contributed by atoms with Crippen LogP contribution in [-0.2, 0) is 4.79 Å². The second kappa shape index (κ2) is 7.27. The fourth-order valence-corrected chi connectivity index (χ4v) is 2.17. The van der Waals surface area contributed by atoms with Crippen LogP contribution in [0.3, 0.4) is 0 Å². The van der Waals surface area contributed by atoms with E-state index in [9.17, 15) is 9.90 Å². The minimum absolute atomic E-state index is 0.00582. The lowest BCUT2D eigenvalue weighted by Gasteiger charge is -2.16. The number of hydrogen-bond acceptors (Lipinski definition) is 2. The Kier molecular flexibility index (Phi) is 5.99. The summed E-state index contributed by atoms with van der Waals surface area (Å²) in [4.78, 5) is 12.1. The lowest BCUT2D eigenvalue weighted by atomic mass is 9.97. The normalized spacial score (nSPS) is 10.7. The van der Waals surface area contributed by atoms with Gasteiger partial charge in [0.05, 0.1) is 10.7 Å². The summed E-state index contributed by atoms with van der Waals surface area (Å²) < 4.78 is 0. The molecule has 0 atom stereocenters. The number of anilines is 1. The molecule has 1 aromatic rings. The molecule has 3 nitrogen and oxygen atoms in total.